The van der Waals surface area contributed by atoms with E-state index in [-0.39, 0.29) is 18.8 Å². The molecule has 2 heterocycles. The number of benzene rings is 1. The average Bonchev–Trinajstić information content (AvgIpc) is 2.94. The number of likely N-dealkylation sites (N-methyl/N-ethyl adjacent to an activating group) is 1. The SMILES string of the molecule is Cc1nn(C)cc1[C@H]1C[C@@H](C(=O)NCc2ccc(F)cc2)N(C)S(=O)(=O)N1. The largest absolute Gasteiger partial charge is 0.351 e. The molecule has 0 aliphatic carbocycles. The number of aromatic nitrogens is 2. The van der Waals surface area contributed by atoms with Crippen molar-refractivity contribution in [1.29, 1.82) is 0 Å². The summed E-state index contributed by atoms with van der Waals surface area (Å²) < 4.78 is 43.2. The Morgan fingerprint density at radius 1 is 1.33 bits per heavy atom. The number of hydrogen-bond donors (Lipinski definition) is 2. The third-order valence-electron chi connectivity index (χ3n) is 4.68. The number of aryl methyl sites for hydroxylation is 2. The Morgan fingerprint density at radius 2 is 2.00 bits per heavy atom. The fourth-order valence-electron chi connectivity index (χ4n) is 3.18. The van der Waals surface area contributed by atoms with Gasteiger partial charge < -0.3 is 5.32 Å². The van der Waals surface area contributed by atoms with Crippen LogP contribution in [0.2, 0.25) is 0 Å². The van der Waals surface area contributed by atoms with Crippen LogP contribution in [0.1, 0.15) is 29.3 Å². The normalized spacial score (nSPS) is 22.5. The quantitative estimate of drug-likeness (QED) is 0.799. The highest BCUT2D eigenvalue weighted by atomic mass is 32.2. The first-order valence-corrected chi connectivity index (χ1v) is 9.89. The van der Waals surface area contributed by atoms with Crippen molar-refractivity contribution >= 4 is 16.1 Å². The van der Waals surface area contributed by atoms with E-state index in [1.165, 1.54) is 19.2 Å². The standard InChI is InChI=1S/C17H22FN5O3S/c1-11-14(10-22(2)20-11)15-8-16(23(3)27(25,26)21-15)17(24)19-9-12-4-6-13(18)7-5-12/h4-7,10,15-16,21H,8-9H2,1-3H3,(H,19,24)/t15-,16+/m1/s1. The van der Waals surface area contributed by atoms with Gasteiger partial charge in [0.25, 0.3) is 10.2 Å². The smallest absolute Gasteiger partial charge is 0.280 e. The van der Waals surface area contributed by atoms with Crippen molar-refractivity contribution in [2.24, 2.45) is 7.05 Å². The lowest BCUT2D eigenvalue weighted by Crippen LogP contribution is -2.57. The van der Waals surface area contributed by atoms with E-state index in [9.17, 15) is 17.6 Å². The minimum Gasteiger partial charge on any atom is -0.351 e. The van der Waals surface area contributed by atoms with Crippen molar-refractivity contribution in [2.75, 3.05) is 7.05 Å². The maximum atomic E-state index is 13.0. The highest BCUT2D eigenvalue weighted by Crippen LogP contribution is 2.29. The zero-order valence-electron chi connectivity index (χ0n) is 15.3. The van der Waals surface area contributed by atoms with E-state index in [1.54, 1.807) is 37.0 Å². The minimum absolute atomic E-state index is 0.188. The van der Waals surface area contributed by atoms with Gasteiger partial charge in [-0.25, -0.2) is 4.39 Å². The van der Waals surface area contributed by atoms with Gasteiger partial charge in [0, 0.05) is 32.4 Å². The van der Waals surface area contributed by atoms with Crippen molar-refractivity contribution in [3.63, 3.8) is 0 Å². The van der Waals surface area contributed by atoms with Crippen molar-refractivity contribution in [2.45, 2.75) is 32.0 Å². The van der Waals surface area contributed by atoms with Gasteiger partial charge in [-0.1, -0.05) is 12.1 Å². The predicted octanol–water partition coefficient (Wildman–Crippen LogP) is 0.764. The summed E-state index contributed by atoms with van der Waals surface area (Å²) in [6.45, 7) is 1.99. The van der Waals surface area contributed by atoms with Crippen molar-refractivity contribution in [3.8, 4) is 0 Å². The molecule has 10 heteroatoms. The summed E-state index contributed by atoms with van der Waals surface area (Å²) in [6.07, 6.45) is 2.03. The molecular weight excluding hydrogens is 373 g/mol. The Bertz CT molecular complexity index is 942. The number of carbonyl (C=O) groups is 1. The molecule has 146 valence electrons. The summed E-state index contributed by atoms with van der Waals surface area (Å²) in [6, 6.07) is 4.36. The third kappa shape index (κ3) is 4.18. The Labute approximate surface area is 157 Å². The molecule has 3 rings (SSSR count). The van der Waals surface area contributed by atoms with Crippen molar-refractivity contribution < 1.29 is 17.6 Å². The molecule has 1 saturated heterocycles. The van der Waals surface area contributed by atoms with Crippen LogP contribution in [0.3, 0.4) is 0 Å². The van der Waals surface area contributed by atoms with E-state index in [2.05, 4.69) is 15.1 Å². The molecule has 1 aromatic carbocycles. The second-order valence-electron chi connectivity index (χ2n) is 6.63. The van der Waals surface area contributed by atoms with E-state index in [4.69, 9.17) is 0 Å². The van der Waals surface area contributed by atoms with Crippen LogP contribution in [0.15, 0.2) is 30.5 Å². The summed E-state index contributed by atoms with van der Waals surface area (Å²) >= 11 is 0. The summed E-state index contributed by atoms with van der Waals surface area (Å²) in [5.74, 6) is -0.762. The molecule has 1 aliphatic rings. The lowest BCUT2D eigenvalue weighted by atomic mass is 10.00. The number of nitrogens with zero attached hydrogens (tertiary/aromatic N) is 3. The van der Waals surface area contributed by atoms with Gasteiger partial charge in [-0.05, 0) is 31.0 Å². The van der Waals surface area contributed by atoms with Gasteiger partial charge in [0.05, 0.1) is 11.7 Å². The summed E-state index contributed by atoms with van der Waals surface area (Å²) in [4.78, 5) is 12.7. The van der Waals surface area contributed by atoms with E-state index in [1.807, 2.05) is 0 Å². The number of rotatable bonds is 4. The van der Waals surface area contributed by atoms with E-state index >= 15 is 0 Å². The summed E-state index contributed by atoms with van der Waals surface area (Å²) in [5, 5.41) is 6.98. The van der Waals surface area contributed by atoms with Crippen LogP contribution < -0.4 is 10.0 Å². The van der Waals surface area contributed by atoms with Gasteiger partial charge in [-0.3, -0.25) is 9.48 Å². The van der Waals surface area contributed by atoms with Crippen LogP contribution in [0.4, 0.5) is 4.39 Å². The zero-order chi connectivity index (χ0) is 19.8. The average molecular weight is 395 g/mol. The Kier molecular flexibility index (Phi) is 5.31. The lowest BCUT2D eigenvalue weighted by molar-refractivity contribution is -0.125. The van der Waals surface area contributed by atoms with Crippen LogP contribution >= 0.6 is 0 Å². The van der Waals surface area contributed by atoms with Gasteiger partial charge in [-0.15, -0.1) is 0 Å². The molecule has 1 aromatic heterocycles. The summed E-state index contributed by atoms with van der Waals surface area (Å²) in [5.41, 5.74) is 2.18. The van der Waals surface area contributed by atoms with E-state index in [0.717, 1.165) is 15.4 Å². The zero-order valence-corrected chi connectivity index (χ0v) is 16.1. The molecule has 2 atom stereocenters. The minimum atomic E-state index is -3.81. The Morgan fingerprint density at radius 3 is 2.59 bits per heavy atom. The van der Waals surface area contributed by atoms with Crippen LogP contribution in [0, 0.1) is 12.7 Å². The van der Waals surface area contributed by atoms with E-state index in [0.29, 0.717) is 5.69 Å². The molecule has 1 amide bonds. The monoisotopic (exact) mass is 395 g/mol. The van der Waals surface area contributed by atoms with Crippen molar-refractivity contribution in [1.82, 2.24) is 24.1 Å². The molecule has 2 N–H and O–H groups in total. The topological polar surface area (TPSA) is 96.3 Å². The van der Waals surface area contributed by atoms with Gasteiger partial charge in [0.1, 0.15) is 11.9 Å². The number of carbonyl (C=O) groups excluding carboxylic acids is 1. The molecule has 1 aliphatic heterocycles. The Balaban J connectivity index is 1.76. The predicted molar refractivity (Wildman–Crippen MR) is 97.2 cm³/mol. The molecule has 0 bridgehead atoms. The first kappa shape index (κ1) is 19.5. The molecule has 0 spiro atoms. The fourth-order valence-corrected chi connectivity index (χ4v) is 4.45. The van der Waals surface area contributed by atoms with Crippen molar-refractivity contribution in [3.05, 3.63) is 53.1 Å². The molecule has 8 nitrogen and oxygen atoms in total. The third-order valence-corrected chi connectivity index (χ3v) is 6.27. The highest BCUT2D eigenvalue weighted by molar-refractivity contribution is 7.87. The number of hydrogen-bond acceptors (Lipinski definition) is 4. The van der Waals surface area contributed by atoms with Crippen LogP contribution in [0.25, 0.3) is 0 Å². The second-order valence-corrected chi connectivity index (χ2v) is 8.39. The highest BCUT2D eigenvalue weighted by Gasteiger charge is 2.41. The van der Waals surface area contributed by atoms with Gasteiger partial charge in [-0.2, -0.15) is 22.5 Å². The van der Waals surface area contributed by atoms with Crippen LogP contribution in [-0.4, -0.2) is 41.5 Å². The van der Waals surface area contributed by atoms with E-state index < -0.39 is 28.2 Å². The maximum Gasteiger partial charge on any atom is 0.280 e. The molecule has 27 heavy (non-hydrogen) atoms. The van der Waals surface area contributed by atoms with Gasteiger partial charge in [0.15, 0.2) is 0 Å². The molecule has 0 saturated carbocycles. The first-order valence-electron chi connectivity index (χ1n) is 8.45. The molecule has 0 radical (unpaired) electrons. The number of amides is 1. The van der Waals surface area contributed by atoms with Crippen LogP contribution in [-0.2, 0) is 28.6 Å². The van der Waals surface area contributed by atoms with Gasteiger partial charge in [0.2, 0.25) is 5.91 Å². The lowest BCUT2D eigenvalue weighted by Gasteiger charge is -2.36. The molecule has 1 fully saturated rings. The summed E-state index contributed by atoms with van der Waals surface area (Å²) in [7, 11) is -0.685. The first-order chi connectivity index (χ1) is 12.7. The Hall–Kier alpha value is -2.30. The molecular formula is C17H22FN5O3S. The fraction of sp³-hybridized carbons (Fsp3) is 0.412. The number of halogens is 1. The maximum absolute atomic E-state index is 13.0. The number of nitrogens with one attached hydrogen (secondary N) is 2. The van der Waals surface area contributed by atoms with Gasteiger partial charge >= 0.3 is 0 Å². The molecule has 2 aromatic rings. The second kappa shape index (κ2) is 7.37. The van der Waals surface area contributed by atoms with Crippen LogP contribution in [0.5, 0.6) is 0 Å². The molecule has 0 unspecified atom stereocenters.